The average molecular weight is 211 g/mol. The molecule has 1 unspecified atom stereocenters. The van der Waals surface area contributed by atoms with Crippen molar-refractivity contribution in [2.45, 2.75) is 12.8 Å². The predicted octanol–water partition coefficient (Wildman–Crippen LogP) is 3.11. The van der Waals surface area contributed by atoms with Crippen molar-refractivity contribution in [2.75, 3.05) is 18.8 Å². The fourth-order valence-electron chi connectivity index (χ4n) is 1.53. The Morgan fingerprint density at radius 1 is 1.50 bits per heavy atom. The number of anilines is 1. The van der Waals surface area contributed by atoms with Gasteiger partial charge in [0.2, 0.25) is 0 Å². The van der Waals surface area contributed by atoms with Gasteiger partial charge in [0.15, 0.2) is 0 Å². The van der Waals surface area contributed by atoms with E-state index < -0.39 is 8.53 Å². The molecule has 1 aliphatic heterocycles. The number of hydrogen-bond donors (Lipinski definition) is 1. The molecule has 2 atom stereocenters. The van der Waals surface area contributed by atoms with Gasteiger partial charge in [0.1, 0.15) is 0 Å². The van der Waals surface area contributed by atoms with Gasteiger partial charge in [0.25, 0.3) is 8.53 Å². The molecule has 76 valence electrons. The van der Waals surface area contributed by atoms with Crippen LogP contribution in [0.15, 0.2) is 24.3 Å². The molecule has 0 saturated heterocycles. The van der Waals surface area contributed by atoms with Crippen LogP contribution in [-0.2, 0) is 9.05 Å². The molecule has 0 bridgehead atoms. The Balaban J connectivity index is 2.31. The van der Waals surface area contributed by atoms with Gasteiger partial charge in [0, 0.05) is 18.7 Å². The zero-order valence-corrected chi connectivity index (χ0v) is 9.25. The highest BCUT2D eigenvalue weighted by atomic mass is 31.2. The molecule has 0 saturated carbocycles. The first-order chi connectivity index (χ1) is 6.81. The van der Waals surface area contributed by atoms with Gasteiger partial charge in [-0.3, -0.25) is 0 Å². The third-order valence-corrected chi connectivity index (χ3v) is 3.45. The molecule has 14 heavy (non-hydrogen) atoms. The highest BCUT2D eigenvalue weighted by Gasteiger charge is 2.20. The summed E-state index contributed by atoms with van der Waals surface area (Å²) in [4.78, 5) is 0. The number of rotatable bonds is 1. The molecule has 2 rings (SSSR count). The minimum absolute atomic E-state index is 0.418. The normalized spacial score (nSPS) is 26.1. The molecular formula is C10H14NO2P. The number of benzene rings is 1. The Morgan fingerprint density at radius 2 is 2.29 bits per heavy atom. The molecule has 0 aromatic heterocycles. The summed E-state index contributed by atoms with van der Waals surface area (Å²) >= 11 is 0. The molecule has 0 spiro atoms. The Labute approximate surface area is 85.4 Å². The van der Waals surface area contributed by atoms with E-state index in [0.717, 1.165) is 5.69 Å². The summed E-state index contributed by atoms with van der Waals surface area (Å²) in [5, 5.41) is 3.26. The summed E-state index contributed by atoms with van der Waals surface area (Å²) in [5.41, 5.74) is 2.43. The van der Waals surface area contributed by atoms with Gasteiger partial charge in [-0.2, -0.15) is 0 Å². The largest absolute Gasteiger partial charge is 0.321 e. The maximum Gasteiger partial charge on any atom is 0.286 e. The van der Waals surface area contributed by atoms with E-state index in [1.807, 2.05) is 6.07 Å². The molecule has 1 N–H and O–H groups in total. The molecule has 0 aliphatic carbocycles. The van der Waals surface area contributed by atoms with Crippen molar-refractivity contribution in [3.63, 3.8) is 0 Å². The predicted molar refractivity (Wildman–Crippen MR) is 58.4 cm³/mol. The van der Waals surface area contributed by atoms with Crippen LogP contribution in [0.25, 0.3) is 0 Å². The molecule has 1 aromatic rings. The van der Waals surface area contributed by atoms with Crippen molar-refractivity contribution < 1.29 is 9.05 Å². The van der Waals surface area contributed by atoms with E-state index in [9.17, 15) is 0 Å². The van der Waals surface area contributed by atoms with Crippen LogP contribution in [0.4, 0.5) is 5.69 Å². The molecule has 4 heteroatoms. The summed E-state index contributed by atoms with van der Waals surface area (Å²) in [7, 11) is 0.705. The van der Waals surface area contributed by atoms with E-state index in [1.165, 1.54) is 5.56 Å². The summed E-state index contributed by atoms with van der Waals surface area (Å²) in [6.07, 6.45) is 0. The van der Waals surface area contributed by atoms with Crippen LogP contribution in [0.5, 0.6) is 0 Å². The van der Waals surface area contributed by atoms with Crippen LogP contribution in [0.1, 0.15) is 18.4 Å². The van der Waals surface area contributed by atoms with Crippen LogP contribution in [0, 0.1) is 0 Å². The molecule has 3 nitrogen and oxygen atoms in total. The topological polar surface area (TPSA) is 30.5 Å². The lowest BCUT2D eigenvalue weighted by Crippen LogP contribution is -1.98. The average Bonchev–Trinajstić information content (AvgIpc) is 2.39. The van der Waals surface area contributed by atoms with Crippen molar-refractivity contribution >= 4 is 14.2 Å². The quantitative estimate of drug-likeness (QED) is 0.724. The summed E-state index contributed by atoms with van der Waals surface area (Å²) in [6.45, 7) is 2.87. The van der Waals surface area contributed by atoms with E-state index in [0.29, 0.717) is 12.5 Å². The second-order valence-corrected chi connectivity index (χ2v) is 4.70. The SMILES string of the molecule is COP1Nc2ccccc2[C@H](C)CO1. The van der Waals surface area contributed by atoms with E-state index in [-0.39, 0.29) is 0 Å². The number of nitrogens with one attached hydrogen (secondary N) is 1. The Bertz CT molecular complexity index is 319. The van der Waals surface area contributed by atoms with Crippen molar-refractivity contribution in [1.29, 1.82) is 0 Å². The maximum absolute atomic E-state index is 5.58. The Hall–Kier alpha value is -0.630. The number of hydrogen-bond acceptors (Lipinski definition) is 3. The Morgan fingerprint density at radius 3 is 3.07 bits per heavy atom. The summed E-state index contributed by atoms with van der Waals surface area (Å²) < 4.78 is 10.8. The van der Waals surface area contributed by atoms with Crippen LogP contribution in [0.3, 0.4) is 0 Å². The van der Waals surface area contributed by atoms with Crippen molar-refractivity contribution in [3.8, 4) is 0 Å². The smallest absolute Gasteiger partial charge is 0.286 e. The Kier molecular flexibility index (Phi) is 3.02. The minimum Gasteiger partial charge on any atom is -0.321 e. The zero-order chi connectivity index (χ0) is 9.97. The standard InChI is InChI=1S/C10H14NO2P/c1-8-7-13-14(12-2)11-10-6-4-3-5-9(8)10/h3-6,8,11H,7H2,1-2H3/t8-,14?/m1/s1. The maximum atomic E-state index is 5.58. The van der Waals surface area contributed by atoms with Crippen LogP contribution in [0.2, 0.25) is 0 Å². The van der Waals surface area contributed by atoms with Gasteiger partial charge in [0.05, 0.1) is 6.61 Å². The monoisotopic (exact) mass is 211 g/mol. The van der Waals surface area contributed by atoms with Gasteiger partial charge in [-0.05, 0) is 11.6 Å². The highest BCUT2D eigenvalue weighted by Crippen LogP contribution is 2.44. The van der Waals surface area contributed by atoms with Crippen LogP contribution in [-0.4, -0.2) is 13.7 Å². The fourth-order valence-corrected chi connectivity index (χ4v) is 2.55. The lowest BCUT2D eigenvalue weighted by Gasteiger charge is -2.13. The summed E-state index contributed by atoms with van der Waals surface area (Å²) in [6, 6.07) is 8.27. The van der Waals surface area contributed by atoms with Gasteiger partial charge in [-0.1, -0.05) is 25.1 Å². The van der Waals surface area contributed by atoms with Crippen LogP contribution >= 0.6 is 8.53 Å². The van der Waals surface area contributed by atoms with Crippen molar-refractivity contribution in [1.82, 2.24) is 0 Å². The van der Waals surface area contributed by atoms with Crippen LogP contribution < -0.4 is 5.09 Å². The second-order valence-electron chi connectivity index (χ2n) is 3.34. The van der Waals surface area contributed by atoms with Gasteiger partial charge in [-0.25, -0.2) is 0 Å². The zero-order valence-electron chi connectivity index (χ0n) is 8.36. The molecule has 1 heterocycles. The lowest BCUT2D eigenvalue weighted by molar-refractivity contribution is 0.275. The molecule has 0 fully saturated rings. The molecular weight excluding hydrogens is 197 g/mol. The lowest BCUT2D eigenvalue weighted by atomic mass is 10.0. The minimum atomic E-state index is -0.959. The first-order valence-electron chi connectivity index (χ1n) is 4.64. The molecule has 1 aromatic carbocycles. The first kappa shape index (κ1) is 9.91. The number of fused-ring (bicyclic) bond motifs is 1. The highest BCUT2D eigenvalue weighted by molar-refractivity contribution is 7.49. The summed E-state index contributed by atoms with van der Waals surface area (Å²) in [5.74, 6) is 0.418. The number of para-hydroxylation sites is 1. The molecule has 0 radical (unpaired) electrons. The van der Waals surface area contributed by atoms with Crippen molar-refractivity contribution in [3.05, 3.63) is 29.8 Å². The van der Waals surface area contributed by atoms with E-state index in [2.05, 4.69) is 30.2 Å². The fraction of sp³-hybridized carbons (Fsp3) is 0.400. The van der Waals surface area contributed by atoms with Gasteiger partial charge >= 0.3 is 0 Å². The van der Waals surface area contributed by atoms with E-state index in [4.69, 9.17) is 9.05 Å². The van der Waals surface area contributed by atoms with Gasteiger partial charge in [-0.15, -0.1) is 0 Å². The van der Waals surface area contributed by atoms with E-state index >= 15 is 0 Å². The third-order valence-electron chi connectivity index (χ3n) is 2.31. The van der Waals surface area contributed by atoms with Crippen molar-refractivity contribution in [2.24, 2.45) is 0 Å². The van der Waals surface area contributed by atoms with Gasteiger partial charge < -0.3 is 14.1 Å². The first-order valence-corrected chi connectivity index (χ1v) is 5.81. The van der Waals surface area contributed by atoms with E-state index in [1.54, 1.807) is 7.11 Å². The third kappa shape index (κ3) is 1.90. The molecule has 1 aliphatic rings. The molecule has 0 amide bonds. The second kappa shape index (κ2) is 4.26.